The Balaban J connectivity index is 2.38. The fourth-order valence-corrected chi connectivity index (χ4v) is 2.48. The van der Waals surface area contributed by atoms with E-state index in [1.165, 1.54) is 5.56 Å². The summed E-state index contributed by atoms with van der Waals surface area (Å²) in [6.07, 6.45) is 3.01. The van der Waals surface area contributed by atoms with Gasteiger partial charge in [0.05, 0.1) is 0 Å². The van der Waals surface area contributed by atoms with Crippen molar-refractivity contribution in [3.05, 3.63) is 35.4 Å². The summed E-state index contributed by atoms with van der Waals surface area (Å²) >= 11 is 0. The lowest BCUT2D eigenvalue weighted by atomic mass is 9.82. The number of rotatable bonds is 2. The van der Waals surface area contributed by atoms with Gasteiger partial charge in [-0.25, -0.2) is 0 Å². The van der Waals surface area contributed by atoms with Gasteiger partial charge in [-0.05, 0) is 18.4 Å². The monoisotopic (exact) mass is 188 g/mol. The molecule has 0 aromatic heterocycles. The van der Waals surface area contributed by atoms with Crippen LogP contribution in [0.25, 0.3) is 0 Å². The Kier molecular flexibility index (Phi) is 2.18. The number of fused-ring (bicyclic) bond motifs is 1. The van der Waals surface area contributed by atoms with E-state index in [0.29, 0.717) is 5.78 Å². The van der Waals surface area contributed by atoms with E-state index < -0.39 is 0 Å². The molecule has 1 aliphatic carbocycles. The molecule has 1 aromatic rings. The number of Topliss-reactive ketones (excluding diaryl/α,β-unsaturated/α-hetero) is 1. The van der Waals surface area contributed by atoms with Crippen molar-refractivity contribution in [1.29, 1.82) is 0 Å². The minimum Gasteiger partial charge on any atom is -0.294 e. The van der Waals surface area contributed by atoms with E-state index in [1.54, 1.807) is 0 Å². The molecule has 74 valence electrons. The minimum absolute atomic E-state index is 0.127. The predicted octanol–water partition coefficient (Wildman–Crippen LogP) is 3.23. The Bertz CT molecular complexity index is 367. The van der Waals surface area contributed by atoms with Crippen molar-refractivity contribution in [3.63, 3.8) is 0 Å². The van der Waals surface area contributed by atoms with Crippen LogP contribution in [0.3, 0.4) is 0 Å². The van der Waals surface area contributed by atoms with Crippen LogP contribution in [0.1, 0.15) is 42.6 Å². The standard InChI is InChI=1S/C13H16O/c1-3-8-13(2)9-10-6-4-5-7-11(10)12(13)14/h4-7H,3,8-9H2,1-2H3. The summed E-state index contributed by atoms with van der Waals surface area (Å²) in [6, 6.07) is 8.00. The highest BCUT2D eigenvalue weighted by Crippen LogP contribution is 2.39. The van der Waals surface area contributed by atoms with Gasteiger partial charge in [-0.15, -0.1) is 0 Å². The first-order valence-electron chi connectivity index (χ1n) is 5.30. The lowest BCUT2D eigenvalue weighted by Crippen LogP contribution is -2.23. The molecule has 1 nitrogen and oxygen atoms in total. The Morgan fingerprint density at radius 2 is 2.07 bits per heavy atom. The van der Waals surface area contributed by atoms with E-state index in [0.717, 1.165) is 24.8 Å². The van der Waals surface area contributed by atoms with Crippen LogP contribution >= 0.6 is 0 Å². The quantitative estimate of drug-likeness (QED) is 0.696. The van der Waals surface area contributed by atoms with Crippen molar-refractivity contribution >= 4 is 5.78 Å². The lowest BCUT2D eigenvalue weighted by molar-refractivity contribution is 0.0829. The summed E-state index contributed by atoms with van der Waals surface area (Å²) in [7, 11) is 0. The molecule has 0 heterocycles. The number of carbonyl (C=O) groups excluding carboxylic acids is 1. The van der Waals surface area contributed by atoms with Crippen LogP contribution < -0.4 is 0 Å². The molecule has 1 atom stereocenters. The third-order valence-electron chi connectivity index (χ3n) is 3.19. The molecule has 0 N–H and O–H groups in total. The second-order valence-electron chi connectivity index (χ2n) is 4.47. The highest BCUT2D eigenvalue weighted by Gasteiger charge is 2.40. The summed E-state index contributed by atoms with van der Waals surface area (Å²) in [5.41, 5.74) is 2.05. The fraction of sp³-hybridized carbons (Fsp3) is 0.462. The van der Waals surface area contributed by atoms with Crippen molar-refractivity contribution in [2.75, 3.05) is 0 Å². The van der Waals surface area contributed by atoms with Gasteiger partial charge in [0.1, 0.15) is 0 Å². The molecule has 0 aliphatic heterocycles. The van der Waals surface area contributed by atoms with E-state index in [1.807, 2.05) is 18.2 Å². The van der Waals surface area contributed by atoms with Crippen LogP contribution in [-0.4, -0.2) is 5.78 Å². The van der Waals surface area contributed by atoms with Crippen molar-refractivity contribution < 1.29 is 4.79 Å². The summed E-state index contributed by atoms with van der Waals surface area (Å²) < 4.78 is 0. The Morgan fingerprint density at radius 1 is 1.36 bits per heavy atom. The molecular formula is C13H16O. The second kappa shape index (κ2) is 3.23. The lowest BCUT2D eigenvalue weighted by Gasteiger charge is -2.20. The maximum atomic E-state index is 12.1. The van der Waals surface area contributed by atoms with E-state index in [2.05, 4.69) is 19.9 Å². The number of carbonyl (C=O) groups is 1. The molecular weight excluding hydrogens is 172 g/mol. The highest BCUT2D eigenvalue weighted by atomic mass is 16.1. The number of benzene rings is 1. The SMILES string of the molecule is CCCC1(C)Cc2ccccc2C1=O. The van der Waals surface area contributed by atoms with Crippen LogP contribution in [0.5, 0.6) is 0 Å². The van der Waals surface area contributed by atoms with Crippen molar-refractivity contribution in [1.82, 2.24) is 0 Å². The van der Waals surface area contributed by atoms with Crippen LogP contribution in [0, 0.1) is 5.41 Å². The van der Waals surface area contributed by atoms with Crippen LogP contribution in [0.4, 0.5) is 0 Å². The molecule has 0 amide bonds. The zero-order valence-electron chi connectivity index (χ0n) is 8.84. The molecule has 0 radical (unpaired) electrons. The zero-order valence-corrected chi connectivity index (χ0v) is 8.84. The summed E-state index contributed by atoms with van der Waals surface area (Å²) in [4.78, 5) is 12.1. The molecule has 0 saturated carbocycles. The molecule has 0 spiro atoms. The Hall–Kier alpha value is -1.11. The van der Waals surface area contributed by atoms with Gasteiger partial charge in [0.2, 0.25) is 0 Å². The Morgan fingerprint density at radius 3 is 2.71 bits per heavy atom. The molecule has 1 unspecified atom stereocenters. The highest BCUT2D eigenvalue weighted by molar-refractivity contribution is 6.04. The van der Waals surface area contributed by atoms with Gasteiger partial charge in [0.25, 0.3) is 0 Å². The first-order chi connectivity index (χ1) is 6.67. The third-order valence-corrected chi connectivity index (χ3v) is 3.19. The molecule has 1 aromatic carbocycles. The van der Waals surface area contributed by atoms with E-state index in [9.17, 15) is 4.79 Å². The summed E-state index contributed by atoms with van der Waals surface area (Å²) in [5.74, 6) is 0.343. The number of hydrogen-bond donors (Lipinski definition) is 0. The van der Waals surface area contributed by atoms with Crippen LogP contribution in [-0.2, 0) is 6.42 Å². The average Bonchev–Trinajstić information content (AvgIpc) is 2.41. The van der Waals surface area contributed by atoms with E-state index in [4.69, 9.17) is 0 Å². The van der Waals surface area contributed by atoms with Gasteiger partial charge in [0.15, 0.2) is 5.78 Å². The van der Waals surface area contributed by atoms with Crippen LogP contribution in [0.15, 0.2) is 24.3 Å². The normalized spacial score (nSPS) is 25.1. The van der Waals surface area contributed by atoms with E-state index >= 15 is 0 Å². The topological polar surface area (TPSA) is 17.1 Å². The summed E-state index contributed by atoms with van der Waals surface area (Å²) in [5, 5.41) is 0. The molecule has 1 heteroatoms. The smallest absolute Gasteiger partial charge is 0.169 e. The van der Waals surface area contributed by atoms with E-state index in [-0.39, 0.29) is 5.41 Å². The molecule has 0 saturated heterocycles. The molecule has 1 aliphatic rings. The van der Waals surface area contributed by atoms with Crippen molar-refractivity contribution in [3.8, 4) is 0 Å². The second-order valence-corrected chi connectivity index (χ2v) is 4.47. The van der Waals surface area contributed by atoms with Crippen molar-refractivity contribution in [2.24, 2.45) is 5.41 Å². The van der Waals surface area contributed by atoms with Gasteiger partial charge >= 0.3 is 0 Å². The third kappa shape index (κ3) is 1.28. The van der Waals surface area contributed by atoms with Gasteiger partial charge in [-0.1, -0.05) is 44.5 Å². The maximum absolute atomic E-state index is 12.1. The van der Waals surface area contributed by atoms with Crippen LogP contribution in [0.2, 0.25) is 0 Å². The van der Waals surface area contributed by atoms with Gasteiger partial charge in [0, 0.05) is 11.0 Å². The number of ketones is 1. The van der Waals surface area contributed by atoms with Gasteiger partial charge in [-0.3, -0.25) is 4.79 Å². The summed E-state index contributed by atoms with van der Waals surface area (Å²) in [6.45, 7) is 4.24. The zero-order chi connectivity index (χ0) is 10.2. The first-order valence-corrected chi connectivity index (χ1v) is 5.30. The molecule has 0 fully saturated rings. The van der Waals surface area contributed by atoms with Gasteiger partial charge in [-0.2, -0.15) is 0 Å². The fourth-order valence-electron chi connectivity index (χ4n) is 2.48. The molecule has 2 rings (SSSR count). The average molecular weight is 188 g/mol. The molecule has 0 bridgehead atoms. The number of hydrogen-bond acceptors (Lipinski definition) is 1. The first kappa shape index (κ1) is 9.45. The predicted molar refractivity (Wildman–Crippen MR) is 57.5 cm³/mol. The van der Waals surface area contributed by atoms with Crippen molar-refractivity contribution in [2.45, 2.75) is 33.1 Å². The molecule has 14 heavy (non-hydrogen) atoms. The maximum Gasteiger partial charge on any atom is 0.169 e. The minimum atomic E-state index is -0.127. The Labute approximate surface area is 85.1 Å². The largest absolute Gasteiger partial charge is 0.294 e. The van der Waals surface area contributed by atoms with Gasteiger partial charge < -0.3 is 0 Å².